The Bertz CT molecular complexity index is 983. The summed E-state index contributed by atoms with van der Waals surface area (Å²) in [6.07, 6.45) is 2.81. The lowest BCUT2D eigenvalue weighted by molar-refractivity contribution is -0.113. The van der Waals surface area contributed by atoms with Crippen LogP contribution in [0, 0.1) is 5.92 Å². The Morgan fingerprint density at radius 3 is 2.81 bits per heavy atom. The van der Waals surface area contributed by atoms with Crippen LogP contribution in [0.15, 0.2) is 5.16 Å². The largest absolute Gasteiger partial charge is 0.465 e. The summed E-state index contributed by atoms with van der Waals surface area (Å²) in [5.74, 6) is 1.01. The van der Waals surface area contributed by atoms with E-state index in [1.54, 1.807) is 0 Å². The first kappa shape index (κ1) is 23.1. The smallest absolute Gasteiger partial charge is 0.341 e. The summed E-state index contributed by atoms with van der Waals surface area (Å²) in [5.41, 5.74) is 1.55. The maximum Gasteiger partial charge on any atom is 0.341 e. The molecule has 1 unspecified atom stereocenters. The van der Waals surface area contributed by atoms with Crippen LogP contribution in [0.25, 0.3) is 0 Å². The van der Waals surface area contributed by atoms with E-state index in [9.17, 15) is 9.59 Å². The number of aromatic nitrogens is 3. The van der Waals surface area contributed by atoms with E-state index in [1.807, 2.05) is 11.5 Å². The standard InChI is InChI=1S/C21H29N5O4S2/c1-4-26-20(25-7-9-30-10-8-25)23-24-21(26)31-12-16(27)22-18-17(19(28)29-3)14-6-5-13(2)11-15(14)32-18/h13H,4-12H2,1-3H3,(H,22,27). The van der Waals surface area contributed by atoms with Gasteiger partial charge in [0.15, 0.2) is 5.16 Å². The molecule has 2 aromatic heterocycles. The molecule has 11 heteroatoms. The third-order valence-corrected chi connectivity index (χ3v) is 7.93. The SMILES string of the molecule is CCn1c(SCC(=O)Nc2sc3c(c2C(=O)OC)CCC(C)C3)nnc1N1CCOCC1. The first-order valence-electron chi connectivity index (χ1n) is 10.9. The van der Waals surface area contributed by atoms with Crippen LogP contribution in [0.1, 0.15) is 41.1 Å². The third kappa shape index (κ3) is 4.79. The molecular formula is C21H29N5O4S2. The number of ether oxygens (including phenoxy) is 2. The van der Waals surface area contributed by atoms with Gasteiger partial charge in [0.05, 0.1) is 31.6 Å². The van der Waals surface area contributed by atoms with Crippen molar-refractivity contribution in [3.05, 3.63) is 16.0 Å². The van der Waals surface area contributed by atoms with Crippen LogP contribution in [-0.2, 0) is 33.7 Å². The highest BCUT2D eigenvalue weighted by Gasteiger charge is 2.29. The van der Waals surface area contributed by atoms with E-state index in [2.05, 4.69) is 27.3 Å². The van der Waals surface area contributed by atoms with Crippen LogP contribution in [0.4, 0.5) is 10.9 Å². The van der Waals surface area contributed by atoms with Crippen LogP contribution < -0.4 is 10.2 Å². The Morgan fingerprint density at radius 2 is 2.09 bits per heavy atom. The van der Waals surface area contributed by atoms with Crippen molar-refractivity contribution in [2.75, 3.05) is 49.4 Å². The fraction of sp³-hybridized carbons (Fsp3) is 0.619. The number of thioether (sulfide) groups is 1. The summed E-state index contributed by atoms with van der Waals surface area (Å²) in [7, 11) is 1.38. The second-order valence-electron chi connectivity index (χ2n) is 8.01. The average Bonchev–Trinajstić information content (AvgIpc) is 3.37. The molecule has 2 aromatic rings. The van der Waals surface area contributed by atoms with E-state index in [0.29, 0.717) is 41.4 Å². The lowest BCUT2D eigenvalue weighted by atomic mass is 9.88. The molecule has 2 aliphatic rings. The predicted molar refractivity (Wildman–Crippen MR) is 125 cm³/mol. The highest BCUT2D eigenvalue weighted by Crippen LogP contribution is 2.40. The number of rotatable bonds is 7. The Labute approximate surface area is 195 Å². The van der Waals surface area contributed by atoms with Gasteiger partial charge in [-0.3, -0.25) is 9.36 Å². The number of fused-ring (bicyclic) bond motifs is 1. The van der Waals surface area contributed by atoms with Crippen LogP contribution in [-0.4, -0.2) is 65.8 Å². The number of nitrogens with zero attached hydrogens (tertiary/aromatic N) is 4. The topological polar surface area (TPSA) is 98.6 Å². The molecule has 0 spiro atoms. The van der Waals surface area contributed by atoms with Crippen molar-refractivity contribution in [2.24, 2.45) is 5.92 Å². The summed E-state index contributed by atoms with van der Waals surface area (Å²) in [6, 6.07) is 0. The zero-order valence-electron chi connectivity index (χ0n) is 18.7. The molecule has 1 saturated heterocycles. The molecular weight excluding hydrogens is 450 g/mol. The molecule has 1 aliphatic heterocycles. The summed E-state index contributed by atoms with van der Waals surface area (Å²) >= 11 is 2.84. The fourth-order valence-electron chi connectivity index (χ4n) is 4.11. The van der Waals surface area contributed by atoms with E-state index in [1.165, 1.54) is 35.1 Å². The number of morpholine rings is 1. The number of carbonyl (C=O) groups is 2. The van der Waals surface area contributed by atoms with Gasteiger partial charge in [-0.2, -0.15) is 0 Å². The molecule has 1 N–H and O–H groups in total. The normalized spacial score (nSPS) is 18.3. The second kappa shape index (κ2) is 10.2. The van der Waals surface area contributed by atoms with Crippen LogP contribution >= 0.6 is 23.1 Å². The van der Waals surface area contributed by atoms with Gasteiger partial charge in [-0.1, -0.05) is 18.7 Å². The predicted octanol–water partition coefficient (Wildman–Crippen LogP) is 2.84. The van der Waals surface area contributed by atoms with Gasteiger partial charge in [0, 0.05) is 24.5 Å². The van der Waals surface area contributed by atoms with Crippen LogP contribution in [0.2, 0.25) is 0 Å². The van der Waals surface area contributed by atoms with Gasteiger partial charge in [0.2, 0.25) is 11.9 Å². The van der Waals surface area contributed by atoms with Gasteiger partial charge in [-0.15, -0.1) is 21.5 Å². The Kier molecular flexibility index (Phi) is 7.37. The Balaban J connectivity index is 1.45. The minimum atomic E-state index is -0.388. The van der Waals surface area contributed by atoms with Crippen molar-refractivity contribution in [1.29, 1.82) is 0 Å². The monoisotopic (exact) mass is 479 g/mol. The summed E-state index contributed by atoms with van der Waals surface area (Å²) in [6.45, 7) is 7.87. The van der Waals surface area contributed by atoms with Gasteiger partial charge in [-0.05, 0) is 37.7 Å². The van der Waals surface area contributed by atoms with Crippen LogP contribution in [0.5, 0.6) is 0 Å². The quantitative estimate of drug-likeness (QED) is 0.478. The number of anilines is 2. The van der Waals surface area contributed by atoms with E-state index < -0.39 is 0 Å². The summed E-state index contributed by atoms with van der Waals surface area (Å²) in [5, 5.41) is 12.9. The molecule has 0 aromatic carbocycles. The summed E-state index contributed by atoms with van der Waals surface area (Å²) in [4.78, 5) is 28.5. The highest BCUT2D eigenvalue weighted by atomic mass is 32.2. The van der Waals surface area contributed by atoms with Crippen molar-refractivity contribution in [2.45, 2.75) is 44.8 Å². The maximum atomic E-state index is 12.8. The molecule has 9 nitrogen and oxygen atoms in total. The van der Waals surface area contributed by atoms with E-state index in [0.717, 1.165) is 43.9 Å². The number of esters is 1. The molecule has 0 bridgehead atoms. The fourth-order valence-corrected chi connectivity index (χ4v) is 6.32. The lowest BCUT2D eigenvalue weighted by Crippen LogP contribution is -2.38. The van der Waals surface area contributed by atoms with E-state index >= 15 is 0 Å². The van der Waals surface area contributed by atoms with Crippen molar-refractivity contribution in [3.63, 3.8) is 0 Å². The zero-order valence-corrected chi connectivity index (χ0v) is 20.3. The molecule has 0 radical (unpaired) electrons. The highest BCUT2D eigenvalue weighted by molar-refractivity contribution is 7.99. The number of amides is 1. The molecule has 1 amide bonds. The first-order valence-corrected chi connectivity index (χ1v) is 12.7. The van der Waals surface area contributed by atoms with E-state index in [-0.39, 0.29) is 17.6 Å². The number of thiophene rings is 1. The van der Waals surface area contributed by atoms with Gasteiger partial charge < -0.3 is 19.7 Å². The lowest BCUT2D eigenvalue weighted by Gasteiger charge is -2.27. The molecule has 1 aliphatic carbocycles. The Hall–Kier alpha value is -2.11. The minimum Gasteiger partial charge on any atom is -0.465 e. The molecule has 4 rings (SSSR count). The molecule has 0 saturated carbocycles. The van der Waals surface area contributed by atoms with Gasteiger partial charge >= 0.3 is 5.97 Å². The van der Waals surface area contributed by atoms with Crippen molar-refractivity contribution < 1.29 is 19.1 Å². The van der Waals surface area contributed by atoms with Gasteiger partial charge in [0.1, 0.15) is 5.00 Å². The number of carbonyl (C=O) groups excluding carboxylic acids is 2. The minimum absolute atomic E-state index is 0.176. The van der Waals surface area contributed by atoms with Crippen molar-refractivity contribution in [1.82, 2.24) is 14.8 Å². The first-order chi connectivity index (χ1) is 15.5. The van der Waals surface area contributed by atoms with Crippen LogP contribution in [0.3, 0.4) is 0 Å². The molecule has 3 heterocycles. The number of hydrogen-bond acceptors (Lipinski definition) is 9. The average molecular weight is 480 g/mol. The second-order valence-corrected chi connectivity index (χ2v) is 10.1. The number of hydrogen-bond donors (Lipinski definition) is 1. The molecule has 1 fully saturated rings. The summed E-state index contributed by atoms with van der Waals surface area (Å²) < 4.78 is 12.4. The van der Waals surface area contributed by atoms with Gasteiger partial charge in [-0.25, -0.2) is 4.79 Å². The van der Waals surface area contributed by atoms with Crippen molar-refractivity contribution in [3.8, 4) is 0 Å². The van der Waals surface area contributed by atoms with E-state index in [4.69, 9.17) is 9.47 Å². The van der Waals surface area contributed by atoms with Gasteiger partial charge in [0.25, 0.3) is 0 Å². The third-order valence-electron chi connectivity index (χ3n) is 5.79. The molecule has 1 atom stereocenters. The molecule has 32 heavy (non-hydrogen) atoms. The maximum absolute atomic E-state index is 12.8. The Morgan fingerprint density at radius 1 is 1.31 bits per heavy atom. The molecule has 174 valence electrons. The van der Waals surface area contributed by atoms with Crippen molar-refractivity contribution >= 4 is 45.9 Å². The zero-order chi connectivity index (χ0) is 22.7. The number of methoxy groups -OCH3 is 1. The number of nitrogens with one attached hydrogen (secondary N) is 1.